The molecule has 0 aliphatic carbocycles. The van der Waals surface area contributed by atoms with Gasteiger partial charge in [-0.3, -0.25) is 19.2 Å². The van der Waals surface area contributed by atoms with Crippen LogP contribution in [0.4, 0.5) is 5.69 Å². The standard InChI is InChI=1S/C31H23NO5/c1-31(30(36)37-2,23-12-8-11-21(19-23)27(33)20-9-4-3-5-10-20)22-15-17-24(18-16-22)32-28(34)25-13-6-7-14-26(25)29(32)35/h3-19H,1-2H3. The summed E-state index contributed by atoms with van der Waals surface area (Å²) in [6.07, 6.45) is 0. The summed E-state index contributed by atoms with van der Waals surface area (Å²) in [5.74, 6) is -1.45. The van der Waals surface area contributed by atoms with Gasteiger partial charge in [0.05, 0.1) is 23.9 Å². The summed E-state index contributed by atoms with van der Waals surface area (Å²) in [6.45, 7) is 1.72. The minimum Gasteiger partial charge on any atom is -0.468 e. The van der Waals surface area contributed by atoms with Crippen molar-refractivity contribution in [1.82, 2.24) is 0 Å². The van der Waals surface area contributed by atoms with Crippen LogP contribution >= 0.6 is 0 Å². The summed E-state index contributed by atoms with van der Waals surface area (Å²) in [4.78, 5) is 53.1. The first-order valence-corrected chi connectivity index (χ1v) is 11.7. The molecule has 6 nitrogen and oxygen atoms in total. The van der Waals surface area contributed by atoms with Gasteiger partial charge in [0.15, 0.2) is 5.78 Å². The SMILES string of the molecule is COC(=O)C(C)(c1ccc(N2C(=O)c3ccccc3C2=O)cc1)c1cccc(C(=O)c2ccccc2)c1. The van der Waals surface area contributed by atoms with E-state index in [1.54, 1.807) is 104 Å². The Bertz CT molecular complexity index is 1510. The molecule has 0 radical (unpaired) electrons. The minimum absolute atomic E-state index is 0.157. The number of rotatable bonds is 6. The Morgan fingerprint density at radius 2 is 1.24 bits per heavy atom. The Morgan fingerprint density at radius 1 is 0.676 bits per heavy atom. The zero-order valence-corrected chi connectivity index (χ0v) is 20.3. The molecule has 0 bridgehead atoms. The maximum Gasteiger partial charge on any atom is 0.320 e. The van der Waals surface area contributed by atoms with Gasteiger partial charge in [0, 0.05) is 11.1 Å². The number of ketones is 1. The molecule has 1 heterocycles. The lowest BCUT2D eigenvalue weighted by Crippen LogP contribution is -2.35. The number of fused-ring (bicyclic) bond motifs is 1. The molecule has 1 atom stereocenters. The fourth-order valence-corrected chi connectivity index (χ4v) is 4.70. The van der Waals surface area contributed by atoms with Gasteiger partial charge in [-0.2, -0.15) is 0 Å². The quantitative estimate of drug-likeness (QED) is 0.211. The predicted octanol–water partition coefficient (Wildman–Crippen LogP) is 5.20. The number of esters is 1. The van der Waals surface area contributed by atoms with Crippen molar-refractivity contribution in [1.29, 1.82) is 0 Å². The van der Waals surface area contributed by atoms with Crippen LogP contribution in [-0.4, -0.2) is 30.7 Å². The Hall–Kier alpha value is -4.84. The molecule has 4 aromatic carbocycles. The molecule has 0 fully saturated rings. The maximum absolute atomic E-state index is 13.2. The smallest absolute Gasteiger partial charge is 0.320 e. The van der Waals surface area contributed by atoms with E-state index in [9.17, 15) is 19.2 Å². The van der Waals surface area contributed by atoms with Crippen LogP contribution in [0.3, 0.4) is 0 Å². The third kappa shape index (κ3) is 3.93. The van der Waals surface area contributed by atoms with E-state index in [0.29, 0.717) is 39.1 Å². The molecule has 37 heavy (non-hydrogen) atoms. The summed E-state index contributed by atoms with van der Waals surface area (Å²) in [7, 11) is 1.31. The Morgan fingerprint density at radius 3 is 1.84 bits per heavy atom. The number of imide groups is 1. The molecule has 1 aliphatic rings. The number of carbonyl (C=O) groups excluding carboxylic acids is 4. The van der Waals surface area contributed by atoms with Gasteiger partial charge in [0.1, 0.15) is 5.41 Å². The van der Waals surface area contributed by atoms with Gasteiger partial charge < -0.3 is 4.74 Å². The van der Waals surface area contributed by atoms with Gasteiger partial charge in [-0.05, 0) is 48.4 Å². The lowest BCUT2D eigenvalue weighted by Gasteiger charge is -2.29. The van der Waals surface area contributed by atoms with Crippen molar-refractivity contribution >= 4 is 29.3 Å². The van der Waals surface area contributed by atoms with Gasteiger partial charge in [0.2, 0.25) is 0 Å². The van der Waals surface area contributed by atoms with Crippen molar-refractivity contribution in [3.05, 3.63) is 137 Å². The molecule has 4 aromatic rings. The van der Waals surface area contributed by atoms with Crippen molar-refractivity contribution in [2.45, 2.75) is 12.3 Å². The summed E-state index contributed by atoms with van der Waals surface area (Å²) in [6, 6.07) is 29.2. The summed E-state index contributed by atoms with van der Waals surface area (Å²) < 4.78 is 5.17. The Labute approximate surface area is 214 Å². The van der Waals surface area contributed by atoms with Crippen LogP contribution in [0.2, 0.25) is 0 Å². The molecule has 0 aromatic heterocycles. The molecule has 0 N–H and O–H groups in total. The minimum atomic E-state index is -1.25. The zero-order chi connectivity index (χ0) is 26.2. The molecular weight excluding hydrogens is 466 g/mol. The van der Waals surface area contributed by atoms with Gasteiger partial charge >= 0.3 is 5.97 Å². The normalized spacial score (nSPS) is 14.2. The zero-order valence-electron chi connectivity index (χ0n) is 20.3. The Balaban J connectivity index is 1.52. The van der Waals surface area contributed by atoms with Crippen LogP contribution in [0.1, 0.15) is 54.7 Å². The Kier molecular flexibility index (Phi) is 6.01. The number of benzene rings is 4. The number of amides is 2. The fraction of sp³-hybridized carbons (Fsp3) is 0.0968. The van der Waals surface area contributed by atoms with Gasteiger partial charge in [-0.15, -0.1) is 0 Å². The highest BCUT2D eigenvalue weighted by atomic mass is 16.5. The molecule has 0 saturated heterocycles. The van der Waals surface area contributed by atoms with Gasteiger partial charge in [-0.25, -0.2) is 4.90 Å². The number of nitrogens with zero attached hydrogens (tertiary/aromatic N) is 1. The second kappa shape index (κ2) is 9.32. The van der Waals surface area contributed by atoms with E-state index in [1.807, 2.05) is 6.07 Å². The second-order valence-corrected chi connectivity index (χ2v) is 8.93. The number of methoxy groups -OCH3 is 1. The summed E-state index contributed by atoms with van der Waals surface area (Å²) >= 11 is 0. The molecule has 1 unspecified atom stereocenters. The molecule has 0 saturated carbocycles. The first-order chi connectivity index (χ1) is 17.9. The first kappa shape index (κ1) is 23.9. The molecule has 0 spiro atoms. The van der Waals surface area contributed by atoms with Crippen LogP contribution in [-0.2, 0) is 14.9 Å². The highest BCUT2D eigenvalue weighted by Crippen LogP contribution is 2.36. The van der Waals surface area contributed by atoms with Gasteiger partial charge in [0.25, 0.3) is 11.8 Å². The molecule has 5 rings (SSSR count). The van der Waals surface area contributed by atoms with Crippen molar-refractivity contribution in [3.8, 4) is 0 Å². The van der Waals surface area contributed by atoms with E-state index in [1.165, 1.54) is 7.11 Å². The summed E-state index contributed by atoms with van der Waals surface area (Å²) in [5, 5.41) is 0. The van der Waals surface area contributed by atoms with E-state index in [2.05, 4.69) is 0 Å². The van der Waals surface area contributed by atoms with E-state index < -0.39 is 23.2 Å². The number of anilines is 1. The molecular formula is C31H23NO5. The number of hydrogen-bond acceptors (Lipinski definition) is 5. The molecule has 6 heteroatoms. The lowest BCUT2D eigenvalue weighted by molar-refractivity contribution is -0.145. The first-order valence-electron chi connectivity index (χ1n) is 11.7. The van der Waals surface area contributed by atoms with E-state index >= 15 is 0 Å². The third-order valence-electron chi connectivity index (χ3n) is 6.83. The number of hydrogen-bond donors (Lipinski definition) is 0. The monoisotopic (exact) mass is 489 g/mol. The number of carbonyl (C=O) groups is 4. The highest BCUT2D eigenvalue weighted by Gasteiger charge is 2.40. The average molecular weight is 490 g/mol. The average Bonchev–Trinajstić information content (AvgIpc) is 3.21. The fourth-order valence-electron chi connectivity index (χ4n) is 4.70. The molecule has 1 aliphatic heterocycles. The largest absolute Gasteiger partial charge is 0.468 e. The van der Waals surface area contributed by atoms with Crippen LogP contribution in [0.5, 0.6) is 0 Å². The second-order valence-electron chi connectivity index (χ2n) is 8.93. The van der Waals surface area contributed by atoms with Crippen molar-refractivity contribution in [2.24, 2.45) is 0 Å². The number of ether oxygens (including phenoxy) is 1. The molecule has 2 amide bonds. The predicted molar refractivity (Wildman–Crippen MR) is 139 cm³/mol. The van der Waals surface area contributed by atoms with Gasteiger partial charge in [-0.1, -0.05) is 72.8 Å². The van der Waals surface area contributed by atoms with Crippen LogP contribution in [0.25, 0.3) is 0 Å². The summed E-state index contributed by atoms with van der Waals surface area (Å²) in [5.41, 5.74) is 2.02. The third-order valence-corrected chi connectivity index (χ3v) is 6.83. The van der Waals surface area contributed by atoms with E-state index in [4.69, 9.17) is 4.74 Å². The van der Waals surface area contributed by atoms with E-state index in [-0.39, 0.29) is 5.78 Å². The topological polar surface area (TPSA) is 80.8 Å². The van der Waals surface area contributed by atoms with E-state index in [0.717, 1.165) is 4.90 Å². The van der Waals surface area contributed by atoms with Crippen LogP contribution in [0.15, 0.2) is 103 Å². The maximum atomic E-state index is 13.2. The van der Waals surface area contributed by atoms with Crippen LogP contribution in [0, 0.1) is 0 Å². The van der Waals surface area contributed by atoms with Crippen molar-refractivity contribution < 1.29 is 23.9 Å². The lowest BCUT2D eigenvalue weighted by atomic mass is 9.75. The highest BCUT2D eigenvalue weighted by molar-refractivity contribution is 6.34. The van der Waals surface area contributed by atoms with Crippen molar-refractivity contribution in [3.63, 3.8) is 0 Å². The van der Waals surface area contributed by atoms with Crippen molar-refractivity contribution in [2.75, 3.05) is 12.0 Å². The van der Waals surface area contributed by atoms with Crippen LogP contribution < -0.4 is 4.90 Å². The molecule has 182 valence electrons.